The first-order valence-electron chi connectivity index (χ1n) is 9.68. The second-order valence-electron chi connectivity index (χ2n) is 7.17. The molecule has 0 N–H and O–H groups in total. The van der Waals surface area contributed by atoms with E-state index in [0.29, 0.717) is 30.1 Å². The van der Waals surface area contributed by atoms with Crippen molar-refractivity contribution in [1.29, 1.82) is 0 Å². The summed E-state index contributed by atoms with van der Waals surface area (Å²) in [7, 11) is 0. The van der Waals surface area contributed by atoms with Crippen LogP contribution in [0.4, 0.5) is 26.3 Å². The normalized spacial score (nSPS) is 13.1. The molecular weight excluding hydrogens is 418 g/mol. The van der Waals surface area contributed by atoms with Gasteiger partial charge in [0, 0.05) is 0 Å². The Morgan fingerprint density at radius 2 is 1.35 bits per heavy atom. The zero-order chi connectivity index (χ0) is 22.5. The molecule has 0 fully saturated rings. The molecule has 0 saturated carbocycles. The van der Waals surface area contributed by atoms with Crippen molar-refractivity contribution >= 4 is 0 Å². The highest BCUT2D eigenvalue weighted by Gasteiger charge is 2.40. The molecule has 0 aliphatic heterocycles. The lowest BCUT2D eigenvalue weighted by Crippen LogP contribution is -2.21. The molecule has 3 aromatic rings. The fraction of sp³-hybridized carbons (Fsp3) is 0.250. The van der Waals surface area contributed by atoms with Crippen molar-refractivity contribution in [3.8, 4) is 11.5 Å². The SMILES string of the molecule is FC(F)(F)c1ccc(C(CCCc2cccc(Oc3ccccc3)c2)C(F)(F)F)cc1. The minimum atomic E-state index is -4.58. The van der Waals surface area contributed by atoms with E-state index >= 15 is 0 Å². The lowest BCUT2D eigenvalue weighted by atomic mass is 9.91. The highest BCUT2D eigenvalue weighted by Crippen LogP contribution is 2.40. The average molecular weight is 438 g/mol. The van der Waals surface area contributed by atoms with Gasteiger partial charge < -0.3 is 4.74 Å². The molecule has 31 heavy (non-hydrogen) atoms. The summed E-state index contributed by atoms with van der Waals surface area (Å²) in [6, 6.07) is 19.4. The third-order valence-corrected chi connectivity index (χ3v) is 4.87. The molecule has 1 atom stereocenters. The highest BCUT2D eigenvalue weighted by molar-refractivity contribution is 5.34. The molecule has 0 amide bonds. The number of halogens is 6. The first kappa shape index (κ1) is 22.7. The second kappa shape index (κ2) is 9.45. The topological polar surface area (TPSA) is 9.23 Å². The van der Waals surface area contributed by atoms with Gasteiger partial charge in [0.15, 0.2) is 0 Å². The molecule has 0 aliphatic rings. The number of hydrogen-bond acceptors (Lipinski definition) is 1. The van der Waals surface area contributed by atoms with Crippen LogP contribution in [0.15, 0.2) is 78.9 Å². The maximum absolute atomic E-state index is 13.5. The van der Waals surface area contributed by atoms with Gasteiger partial charge in [0.25, 0.3) is 0 Å². The Morgan fingerprint density at radius 1 is 0.710 bits per heavy atom. The van der Waals surface area contributed by atoms with E-state index in [1.54, 1.807) is 36.4 Å². The summed E-state index contributed by atoms with van der Waals surface area (Å²) in [5.41, 5.74) is -0.309. The van der Waals surface area contributed by atoms with Gasteiger partial charge >= 0.3 is 12.4 Å². The molecule has 0 spiro atoms. The Balaban J connectivity index is 1.64. The molecule has 0 bridgehead atoms. The van der Waals surface area contributed by atoms with Crippen LogP contribution in [-0.4, -0.2) is 6.18 Å². The molecular formula is C24H20F6O. The van der Waals surface area contributed by atoms with Gasteiger partial charge in [0.2, 0.25) is 0 Å². The lowest BCUT2D eigenvalue weighted by molar-refractivity contribution is -0.152. The van der Waals surface area contributed by atoms with Gasteiger partial charge in [-0.05, 0) is 66.8 Å². The monoisotopic (exact) mass is 438 g/mol. The number of rotatable bonds is 7. The summed E-state index contributed by atoms with van der Waals surface area (Å²) in [5, 5.41) is 0. The number of aryl methyl sites for hydroxylation is 1. The Bertz CT molecular complexity index is 962. The van der Waals surface area contributed by atoms with Crippen molar-refractivity contribution in [3.05, 3.63) is 95.6 Å². The molecule has 164 valence electrons. The van der Waals surface area contributed by atoms with Crippen LogP contribution in [0.3, 0.4) is 0 Å². The number of benzene rings is 3. The van der Waals surface area contributed by atoms with E-state index in [1.165, 1.54) is 0 Å². The number of para-hydroxylation sites is 1. The molecule has 0 radical (unpaired) electrons. The van der Waals surface area contributed by atoms with Crippen LogP contribution >= 0.6 is 0 Å². The quantitative estimate of drug-likeness (QED) is 0.338. The van der Waals surface area contributed by atoms with Gasteiger partial charge in [0.1, 0.15) is 11.5 Å². The van der Waals surface area contributed by atoms with Crippen molar-refractivity contribution in [2.24, 2.45) is 0 Å². The van der Waals surface area contributed by atoms with Crippen LogP contribution < -0.4 is 4.74 Å². The Hall–Kier alpha value is -2.96. The predicted octanol–water partition coefficient (Wildman–Crippen LogP) is 8.17. The maximum atomic E-state index is 13.5. The van der Waals surface area contributed by atoms with Gasteiger partial charge in [-0.3, -0.25) is 0 Å². The van der Waals surface area contributed by atoms with E-state index in [0.717, 1.165) is 17.7 Å². The molecule has 1 unspecified atom stereocenters. The van der Waals surface area contributed by atoms with E-state index < -0.39 is 23.8 Å². The van der Waals surface area contributed by atoms with Gasteiger partial charge in [0.05, 0.1) is 11.5 Å². The van der Waals surface area contributed by atoms with Crippen LogP contribution in [0.2, 0.25) is 0 Å². The van der Waals surface area contributed by atoms with Crippen molar-refractivity contribution in [2.75, 3.05) is 0 Å². The number of alkyl halides is 6. The smallest absolute Gasteiger partial charge is 0.416 e. The van der Waals surface area contributed by atoms with E-state index in [1.807, 2.05) is 18.2 Å². The summed E-state index contributed by atoms with van der Waals surface area (Å²) in [6.07, 6.45) is -8.74. The minimum Gasteiger partial charge on any atom is -0.457 e. The van der Waals surface area contributed by atoms with Crippen molar-refractivity contribution in [1.82, 2.24) is 0 Å². The van der Waals surface area contributed by atoms with Crippen LogP contribution in [-0.2, 0) is 12.6 Å². The van der Waals surface area contributed by atoms with Crippen molar-refractivity contribution < 1.29 is 31.1 Å². The Labute approximate surface area is 176 Å². The Kier molecular flexibility index (Phi) is 6.93. The molecule has 0 aliphatic carbocycles. The lowest BCUT2D eigenvalue weighted by Gasteiger charge is -2.21. The Morgan fingerprint density at radius 3 is 1.97 bits per heavy atom. The predicted molar refractivity (Wildman–Crippen MR) is 106 cm³/mol. The van der Waals surface area contributed by atoms with Crippen LogP contribution in [0.25, 0.3) is 0 Å². The molecule has 0 saturated heterocycles. The van der Waals surface area contributed by atoms with Crippen LogP contribution in [0, 0.1) is 0 Å². The fourth-order valence-corrected chi connectivity index (χ4v) is 3.32. The minimum absolute atomic E-state index is 0.165. The fourth-order valence-electron chi connectivity index (χ4n) is 3.32. The van der Waals surface area contributed by atoms with Gasteiger partial charge in [-0.25, -0.2) is 0 Å². The van der Waals surface area contributed by atoms with Crippen LogP contribution in [0.5, 0.6) is 11.5 Å². The van der Waals surface area contributed by atoms with E-state index in [2.05, 4.69) is 0 Å². The van der Waals surface area contributed by atoms with Crippen molar-refractivity contribution in [2.45, 2.75) is 37.5 Å². The summed E-state index contributed by atoms with van der Waals surface area (Å²) in [4.78, 5) is 0. The van der Waals surface area contributed by atoms with E-state index in [4.69, 9.17) is 4.74 Å². The maximum Gasteiger partial charge on any atom is 0.416 e. The van der Waals surface area contributed by atoms with Gasteiger partial charge in [-0.2, -0.15) is 26.3 Å². The largest absolute Gasteiger partial charge is 0.457 e. The molecule has 0 heterocycles. The van der Waals surface area contributed by atoms with Gasteiger partial charge in [-0.1, -0.05) is 42.5 Å². The molecule has 7 heteroatoms. The summed E-state index contributed by atoms with van der Waals surface area (Å²) < 4.78 is 84.4. The molecule has 3 aromatic carbocycles. The van der Waals surface area contributed by atoms with Gasteiger partial charge in [-0.15, -0.1) is 0 Å². The van der Waals surface area contributed by atoms with E-state index in [-0.39, 0.29) is 18.4 Å². The zero-order valence-corrected chi connectivity index (χ0v) is 16.4. The first-order chi connectivity index (χ1) is 14.6. The number of hydrogen-bond donors (Lipinski definition) is 0. The number of ether oxygens (including phenoxy) is 1. The summed E-state index contributed by atoms with van der Waals surface area (Å²) in [6.45, 7) is 0. The first-order valence-corrected chi connectivity index (χ1v) is 9.68. The average Bonchev–Trinajstić information content (AvgIpc) is 2.71. The zero-order valence-electron chi connectivity index (χ0n) is 16.4. The molecule has 1 nitrogen and oxygen atoms in total. The second-order valence-corrected chi connectivity index (χ2v) is 7.17. The molecule has 3 rings (SSSR count). The van der Waals surface area contributed by atoms with Crippen molar-refractivity contribution in [3.63, 3.8) is 0 Å². The summed E-state index contributed by atoms with van der Waals surface area (Å²) >= 11 is 0. The third kappa shape index (κ3) is 6.51. The summed E-state index contributed by atoms with van der Waals surface area (Å²) in [5.74, 6) is -0.587. The standard InChI is InChI=1S/C24H20F6O/c25-23(26,27)19-14-12-18(13-15-19)22(24(28,29)30)11-5-7-17-6-4-10-21(16-17)31-20-8-2-1-3-9-20/h1-4,6,8-10,12-16,22H,5,7,11H2. The highest BCUT2D eigenvalue weighted by atomic mass is 19.4. The third-order valence-electron chi connectivity index (χ3n) is 4.87. The van der Waals surface area contributed by atoms with E-state index in [9.17, 15) is 26.3 Å². The molecule has 0 aromatic heterocycles. The van der Waals surface area contributed by atoms with Crippen LogP contribution in [0.1, 0.15) is 35.4 Å².